The first kappa shape index (κ1) is 22.4. The summed E-state index contributed by atoms with van der Waals surface area (Å²) in [7, 11) is -1.21. The predicted molar refractivity (Wildman–Crippen MR) is 93.8 cm³/mol. The summed E-state index contributed by atoms with van der Waals surface area (Å²) in [4.78, 5) is 0. The Balaban J connectivity index is 4.42. The highest BCUT2D eigenvalue weighted by molar-refractivity contribution is 6.85. The van der Waals surface area contributed by atoms with Gasteiger partial charge in [0.15, 0.2) is 23.5 Å². The van der Waals surface area contributed by atoms with Crippen molar-refractivity contribution in [3.05, 3.63) is 0 Å². The van der Waals surface area contributed by atoms with E-state index < -0.39 is 32.3 Å². The van der Waals surface area contributed by atoms with E-state index in [9.17, 15) is 4.39 Å². The lowest BCUT2D eigenvalue weighted by Gasteiger charge is -2.35. The fourth-order valence-corrected chi connectivity index (χ4v) is 15.1. The maximum absolute atomic E-state index is 11.9. The molecule has 0 aromatic carbocycles. The maximum atomic E-state index is 11.9. The zero-order chi connectivity index (χ0) is 17.3. The van der Waals surface area contributed by atoms with E-state index in [2.05, 4.69) is 26.2 Å². The molecule has 0 saturated carbocycles. The van der Waals surface area contributed by atoms with Gasteiger partial charge in [-0.25, -0.2) is 4.39 Å². The first-order valence-corrected chi connectivity index (χ1v) is 15.8. The van der Waals surface area contributed by atoms with Crippen LogP contribution in [0.3, 0.4) is 0 Å². The van der Waals surface area contributed by atoms with Crippen LogP contribution in [0.5, 0.6) is 0 Å². The Morgan fingerprint density at radius 1 is 0.773 bits per heavy atom. The van der Waals surface area contributed by atoms with Crippen molar-refractivity contribution in [3.63, 3.8) is 0 Å². The smallest absolute Gasteiger partial charge is 0.456 e. The van der Waals surface area contributed by atoms with E-state index in [-0.39, 0.29) is 0 Å². The molecule has 0 radical (unpaired) electrons. The zero-order valence-corrected chi connectivity index (χ0v) is 18.2. The van der Waals surface area contributed by atoms with Crippen LogP contribution < -0.4 is 0 Å². The summed E-state index contributed by atoms with van der Waals surface area (Å²) in [5.41, 5.74) is 0. The number of ether oxygens (including phenoxy) is 1. The zero-order valence-electron chi connectivity index (χ0n) is 15.2. The van der Waals surface area contributed by atoms with Crippen LogP contribution in [0.2, 0.25) is 44.3 Å². The molecule has 0 heterocycles. The second-order valence-electron chi connectivity index (χ2n) is 6.54. The highest BCUT2D eigenvalue weighted by Gasteiger charge is 2.41. The minimum Gasteiger partial charge on any atom is -0.456 e. The molecule has 0 bridgehead atoms. The molecule has 0 fully saturated rings. The van der Waals surface area contributed by atoms with Crippen molar-refractivity contribution in [1.82, 2.24) is 0 Å². The predicted octanol–water partition coefficient (Wildman–Crippen LogP) is 3.63. The number of hydrogen-bond acceptors (Lipinski definition) is 5. The highest BCUT2D eigenvalue weighted by Crippen LogP contribution is 2.27. The van der Waals surface area contributed by atoms with Crippen LogP contribution >= 0.6 is 0 Å². The van der Waals surface area contributed by atoms with Crippen LogP contribution in [0.15, 0.2) is 0 Å². The highest BCUT2D eigenvalue weighted by atomic mass is 28.4. The fourth-order valence-electron chi connectivity index (χ4n) is 2.51. The normalized spacial score (nSPS) is 13.6. The Labute approximate surface area is 138 Å². The van der Waals surface area contributed by atoms with Crippen molar-refractivity contribution in [2.75, 3.05) is 34.8 Å². The monoisotopic (exact) mass is 372 g/mol. The molecule has 0 aliphatic heterocycles. The lowest BCUT2D eigenvalue weighted by Crippen LogP contribution is -2.48. The van der Waals surface area contributed by atoms with Crippen LogP contribution in [-0.4, -0.2) is 60.2 Å². The molecule has 0 aromatic heterocycles. The van der Waals surface area contributed by atoms with Gasteiger partial charge >= 0.3 is 8.80 Å². The Kier molecular flexibility index (Phi) is 10.5. The molecule has 0 aliphatic carbocycles. The van der Waals surface area contributed by atoms with Crippen LogP contribution in [0, 0.1) is 0 Å². The van der Waals surface area contributed by atoms with Gasteiger partial charge in [-0.2, -0.15) is 0 Å². The van der Waals surface area contributed by atoms with E-state index in [4.69, 9.17) is 22.1 Å². The van der Waals surface area contributed by atoms with Crippen LogP contribution in [0.25, 0.3) is 0 Å². The van der Waals surface area contributed by atoms with Gasteiger partial charge in [0.1, 0.15) is 0 Å². The van der Waals surface area contributed by atoms with Crippen LogP contribution in [0.4, 0.5) is 4.39 Å². The number of halogens is 1. The van der Waals surface area contributed by atoms with Crippen LogP contribution in [0.1, 0.15) is 6.42 Å². The lowest BCUT2D eigenvalue weighted by atomic mass is 10.5. The first-order valence-electron chi connectivity index (χ1n) is 7.65. The van der Waals surface area contributed by atoms with Gasteiger partial charge in [-0.05, 0) is 44.7 Å². The number of alkyl halides is 1. The second kappa shape index (κ2) is 10.3. The Morgan fingerprint density at radius 2 is 1.27 bits per heavy atom. The van der Waals surface area contributed by atoms with Gasteiger partial charge in [-0.1, -0.05) is 0 Å². The standard InChI is InChI=1S/C13H33FO5Si3/c1-15-22(16-2,17-3)12-11-21(6,7)19-20(4,5)10-8-9-18-13-14/h8-13H2,1-7H3. The van der Waals surface area contributed by atoms with E-state index in [0.717, 1.165) is 24.6 Å². The molecule has 0 spiro atoms. The van der Waals surface area contributed by atoms with Crippen LogP contribution in [-0.2, 0) is 22.1 Å². The molecule has 0 saturated heterocycles. The minimum atomic E-state index is -2.53. The molecule has 0 aromatic rings. The lowest BCUT2D eigenvalue weighted by molar-refractivity contribution is 0.0581. The molecule has 0 atom stereocenters. The van der Waals surface area contributed by atoms with E-state index in [1.165, 1.54) is 0 Å². The molecule has 0 aliphatic rings. The van der Waals surface area contributed by atoms with Gasteiger partial charge in [-0.15, -0.1) is 0 Å². The molecule has 0 unspecified atom stereocenters. The molecule has 134 valence electrons. The first-order chi connectivity index (χ1) is 10.2. The van der Waals surface area contributed by atoms with Crippen molar-refractivity contribution in [3.8, 4) is 0 Å². The third kappa shape index (κ3) is 8.87. The summed E-state index contributed by atoms with van der Waals surface area (Å²) in [6.07, 6.45) is 0.848. The summed E-state index contributed by atoms with van der Waals surface area (Å²) >= 11 is 0. The Morgan fingerprint density at radius 3 is 1.73 bits per heavy atom. The van der Waals surface area contributed by atoms with Crippen molar-refractivity contribution in [2.45, 2.75) is 50.7 Å². The topological polar surface area (TPSA) is 46.2 Å². The molecule has 5 nitrogen and oxygen atoms in total. The molecule has 9 heteroatoms. The Bertz CT molecular complexity index is 293. The molecular weight excluding hydrogens is 339 g/mol. The summed E-state index contributed by atoms with van der Waals surface area (Å²) < 4.78 is 39.6. The van der Waals surface area contributed by atoms with E-state index in [1.54, 1.807) is 21.3 Å². The summed E-state index contributed by atoms with van der Waals surface area (Å²) in [6, 6.07) is 2.68. The van der Waals surface area contributed by atoms with E-state index >= 15 is 0 Å². The van der Waals surface area contributed by atoms with Gasteiger partial charge in [-0.3, -0.25) is 0 Å². The molecule has 0 amide bonds. The quantitative estimate of drug-likeness (QED) is 0.365. The number of rotatable bonds is 13. The van der Waals surface area contributed by atoms with E-state index in [1.807, 2.05) is 0 Å². The molecule has 0 rings (SSSR count). The second-order valence-corrected chi connectivity index (χ2v) is 18.5. The fraction of sp³-hybridized carbons (Fsp3) is 1.00. The van der Waals surface area contributed by atoms with Gasteiger partial charge in [0.2, 0.25) is 0 Å². The summed E-state index contributed by atoms with van der Waals surface area (Å²) in [6.45, 7) is 8.63. The average molecular weight is 373 g/mol. The Hall–Kier alpha value is 0.381. The van der Waals surface area contributed by atoms with Gasteiger partial charge < -0.3 is 22.1 Å². The molecule has 22 heavy (non-hydrogen) atoms. The largest absolute Gasteiger partial charge is 0.499 e. The molecule has 0 N–H and O–H groups in total. The van der Waals surface area contributed by atoms with Gasteiger partial charge in [0, 0.05) is 34.0 Å². The average Bonchev–Trinajstić information content (AvgIpc) is 2.45. The van der Waals surface area contributed by atoms with Gasteiger partial charge in [0.05, 0.1) is 0 Å². The van der Waals surface area contributed by atoms with Crippen molar-refractivity contribution >= 4 is 25.4 Å². The summed E-state index contributed by atoms with van der Waals surface area (Å²) in [5, 5.41) is 0. The molecular formula is C13H33FO5Si3. The number of hydrogen-bond donors (Lipinski definition) is 0. The van der Waals surface area contributed by atoms with Crippen molar-refractivity contribution < 1.29 is 26.5 Å². The summed E-state index contributed by atoms with van der Waals surface area (Å²) in [5.74, 6) is 0. The SMILES string of the molecule is CO[Si](CC[Si](C)(C)O[Si](C)(C)CCCOCF)(OC)OC. The third-order valence-electron chi connectivity index (χ3n) is 3.66. The minimum absolute atomic E-state index is 0.464. The van der Waals surface area contributed by atoms with Crippen molar-refractivity contribution in [1.29, 1.82) is 0 Å². The third-order valence-corrected chi connectivity index (χ3v) is 14.3. The van der Waals surface area contributed by atoms with E-state index in [0.29, 0.717) is 6.61 Å². The van der Waals surface area contributed by atoms with Gasteiger partial charge in [0.25, 0.3) is 0 Å². The van der Waals surface area contributed by atoms with Crippen molar-refractivity contribution in [2.24, 2.45) is 0 Å². The maximum Gasteiger partial charge on any atom is 0.499 e.